The van der Waals surface area contributed by atoms with Crippen LogP contribution in [0.2, 0.25) is 0 Å². The first kappa shape index (κ1) is 20.1. The van der Waals surface area contributed by atoms with Gasteiger partial charge in [-0.1, -0.05) is 67.6 Å². The summed E-state index contributed by atoms with van der Waals surface area (Å²) in [5.41, 5.74) is 4.62. The zero-order valence-electron chi connectivity index (χ0n) is 19.5. The Labute approximate surface area is 199 Å². The number of methoxy groups -OCH3 is 1. The number of hydrogen-bond donors (Lipinski definition) is 0. The van der Waals surface area contributed by atoms with Gasteiger partial charge < -0.3 is 18.9 Å². The van der Waals surface area contributed by atoms with Gasteiger partial charge in [-0.15, -0.1) is 0 Å². The van der Waals surface area contributed by atoms with Crippen molar-refractivity contribution in [3.8, 4) is 0 Å². The highest BCUT2D eigenvalue weighted by atomic mass is 16.6. The summed E-state index contributed by atoms with van der Waals surface area (Å²) in [6, 6.07) is 19.0. The van der Waals surface area contributed by atoms with Crippen LogP contribution in [-0.2, 0) is 26.4 Å². The summed E-state index contributed by atoms with van der Waals surface area (Å²) >= 11 is 0. The number of ether oxygens (including phenoxy) is 2. The second-order valence-electron chi connectivity index (χ2n) is 10.0. The number of benzene rings is 2. The molecule has 0 spiro atoms. The number of rotatable bonds is 4. The fraction of sp³-hybridized carbons (Fsp3) is 0.345. The van der Waals surface area contributed by atoms with Gasteiger partial charge >= 0.3 is 5.97 Å². The molecular formula is C29H28N2O3. The van der Waals surface area contributed by atoms with Crippen LogP contribution in [-0.4, -0.2) is 35.2 Å². The Morgan fingerprint density at radius 3 is 2.74 bits per heavy atom. The summed E-state index contributed by atoms with van der Waals surface area (Å²) in [5, 5.41) is 1.23. The molecule has 1 fully saturated rings. The van der Waals surface area contributed by atoms with Gasteiger partial charge in [0, 0.05) is 35.7 Å². The van der Waals surface area contributed by atoms with Gasteiger partial charge in [-0.2, -0.15) is 0 Å². The zero-order chi connectivity index (χ0) is 23.1. The van der Waals surface area contributed by atoms with Gasteiger partial charge in [-0.05, 0) is 35.6 Å². The Kier molecular flexibility index (Phi) is 4.05. The molecule has 0 N–H and O–H groups in total. The van der Waals surface area contributed by atoms with E-state index in [1.807, 2.05) is 18.2 Å². The predicted molar refractivity (Wildman–Crippen MR) is 131 cm³/mol. The third-order valence-electron chi connectivity index (χ3n) is 8.59. The second kappa shape index (κ2) is 6.86. The van der Waals surface area contributed by atoms with E-state index in [-0.39, 0.29) is 23.5 Å². The number of esters is 1. The van der Waals surface area contributed by atoms with Crippen molar-refractivity contribution in [2.24, 2.45) is 5.41 Å². The van der Waals surface area contributed by atoms with Gasteiger partial charge in [-0.3, -0.25) is 0 Å². The maximum Gasteiger partial charge on any atom is 0.360 e. The van der Waals surface area contributed by atoms with Crippen molar-refractivity contribution in [2.45, 2.75) is 44.1 Å². The maximum absolute atomic E-state index is 13.6. The van der Waals surface area contributed by atoms with Crippen molar-refractivity contribution in [3.05, 3.63) is 89.3 Å². The van der Waals surface area contributed by atoms with Crippen molar-refractivity contribution >= 4 is 22.9 Å². The van der Waals surface area contributed by atoms with E-state index in [0.29, 0.717) is 6.42 Å². The van der Waals surface area contributed by atoms with Gasteiger partial charge in [0.05, 0.1) is 24.8 Å². The average Bonchev–Trinajstić information content (AvgIpc) is 3.40. The van der Waals surface area contributed by atoms with E-state index in [1.165, 1.54) is 23.8 Å². The minimum atomic E-state index is -1.15. The summed E-state index contributed by atoms with van der Waals surface area (Å²) in [5.74, 6) is -0.305. The highest BCUT2D eigenvalue weighted by molar-refractivity contribution is 5.90. The average molecular weight is 453 g/mol. The number of nitrogens with zero attached hydrogens (tertiary/aromatic N) is 2. The first-order valence-corrected chi connectivity index (χ1v) is 12.2. The summed E-state index contributed by atoms with van der Waals surface area (Å²) in [6.07, 6.45) is 8.94. The minimum Gasteiger partial charge on any atom is -0.465 e. The Hall–Kier alpha value is -3.31. The van der Waals surface area contributed by atoms with E-state index in [2.05, 4.69) is 71.1 Å². The lowest BCUT2D eigenvalue weighted by Gasteiger charge is -2.53. The lowest BCUT2D eigenvalue weighted by Crippen LogP contribution is -2.55. The van der Waals surface area contributed by atoms with Crippen molar-refractivity contribution in [1.29, 1.82) is 0 Å². The van der Waals surface area contributed by atoms with Crippen molar-refractivity contribution in [1.82, 2.24) is 9.47 Å². The Bertz CT molecular complexity index is 1390. The van der Waals surface area contributed by atoms with Crippen molar-refractivity contribution < 1.29 is 14.3 Å². The van der Waals surface area contributed by atoms with Gasteiger partial charge in [0.15, 0.2) is 0 Å². The molecule has 4 aliphatic heterocycles. The van der Waals surface area contributed by atoms with Crippen LogP contribution in [0.25, 0.3) is 17.0 Å². The molecule has 5 nitrogen and oxygen atoms in total. The largest absolute Gasteiger partial charge is 0.465 e. The fourth-order valence-corrected chi connectivity index (χ4v) is 7.22. The van der Waals surface area contributed by atoms with Crippen LogP contribution < -0.4 is 0 Å². The molecule has 3 aromatic rings. The minimum absolute atomic E-state index is 0.178. The van der Waals surface area contributed by atoms with E-state index >= 15 is 0 Å². The predicted octanol–water partition coefficient (Wildman–Crippen LogP) is 5.18. The van der Waals surface area contributed by atoms with E-state index in [4.69, 9.17) is 9.47 Å². The molecule has 4 atom stereocenters. The smallest absolute Gasteiger partial charge is 0.360 e. The van der Waals surface area contributed by atoms with Crippen molar-refractivity contribution in [3.63, 3.8) is 0 Å². The van der Waals surface area contributed by atoms with Crippen LogP contribution in [0.15, 0.2) is 72.4 Å². The second-order valence-corrected chi connectivity index (χ2v) is 10.0. The van der Waals surface area contributed by atoms with Gasteiger partial charge in [0.1, 0.15) is 0 Å². The summed E-state index contributed by atoms with van der Waals surface area (Å²) in [6.45, 7) is 3.21. The molecule has 0 aliphatic carbocycles. The van der Waals surface area contributed by atoms with E-state index in [1.54, 1.807) is 0 Å². The number of aromatic nitrogens is 1. The third-order valence-corrected chi connectivity index (χ3v) is 8.59. The first-order valence-electron chi connectivity index (χ1n) is 12.2. The van der Waals surface area contributed by atoms with E-state index in [9.17, 15) is 4.79 Å². The third kappa shape index (κ3) is 2.31. The van der Waals surface area contributed by atoms with Crippen LogP contribution in [0, 0.1) is 5.41 Å². The molecule has 0 unspecified atom stereocenters. The van der Waals surface area contributed by atoms with Crippen LogP contribution in [0.1, 0.15) is 42.6 Å². The molecule has 2 bridgehead atoms. The van der Waals surface area contributed by atoms with E-state index in [0.717, 1.165) is 36.0 Å². The zero-order valence-corrected chi connectivity index (χ0v) is 19.5. The number of carbonyl (C=O) groups is 1. The lowest BCUT2D eigenvalue weighted by atomic mass is 9.62. The Balaban J connectivity index is 1.49. The maximum atomic E-state index is 13.6. The molecule has 0 radical (unpaired) electrons. The SMILES string of the molecule is CC[C@@]12C[C@@]3(C(=O)OC)O[C@@H]1C(/C=C/c1ccccc1)=CN1CCc4c(n3c3ccccc43)[C@@H]12. The highest BCUT2D eigenvalue weighted by Crippen LogP contribution is 2.67. The molecule has 4 aliphatic rings. The van der Waals surface area contributed by atoms with Crippen molar-refractivity contribution in [2.75, 3.05) is 13.7 Å². The molecule has 172 valence electrons. The quantitative estimate of drug-likeness (QED) is 0.512. The summed E-state index contributed by atoms with van der Waals surface area (Å²) in [7, 11) is 1.48. The fourth-order valence-electron chi connectivity index (χ4n) is 7.22. The standard InChI is InChI=1S/C29H28N2O3/c1-3-28-18-29(27(32)33-2)31-23-12-8-7-11-21(23)22-15-16-30(25(28)24(22)31)17-20(26(28)34-29)14-13-19-9-5-4-6-10-19/h4-14,17,25-26H,3,15-16,18H2,1-2H3/b14-13+/t25-,26-,28+,29+/m1/s1. The van der Waals surface area contributed by atoms with Crippen LogP contribution >= 0.6 is 0 Å². The number of para-hydroxylation sites is 1. The normalized spacial score (nSPS) is 30.6. The summed E-state index contributed by atoms with van der Waals surface area (Å²) < 4.78 is 14.6. The first-order chi connectivity index (χ1) is 16.6. The molecule has 34 heavy (non-hydrogen) atoms. The van der Waals surface area contributed by atoms with Crippen LogP contribution in [0.5, 0.6) is 0 Å². The highest BCUT2D eigenvalue weighted by Gasteiger charge is 2.71. The Morgan fingerprint density at radius 2 is 1.94 bits per heavy atom. The molecule has 0 saturated carbocycles. The van der Waals surface area contributed by atoms with Gasteiger partial charge in [0.2, 0.25) is 5.72 Å². The molecule has 1 saturated heterocycles. The summed E-state index contributed by atoms with van der Waals surface area (Å²) in [4.78, 5) is 16.1. The van der Waals surface area contributed by atoms with E-state index < -0.39 is 5.72 Å². The monoisotopic (exact) mass is 452 g/mol. The lowest BCUT2D eigenvalue weighted by molar-refractivity contribution is -0.180. The molecule has 2 aromatic carbocycles. The molecular weight excluding hydrogens is 424 g/mol. The Morgan fingerprint density at radius 1 is 1.15 bits per heavy atom. The number of hydrogen-bond acceptors (Lipinski definition) is 4. The van der Waals surface area contributed by atoms with Crippen LogP contribution in [0.3, 0.4) is 0 Å². The van der Waals surface area contributed by atoms with Gasteiger partial charge in [0.25, 0.3) is 0 Å². The molecule has 1 aromatic heterocycles. The number of fused-ring (bicyclic) bond motifs is 5. The number of carbonyl (C=O) groups excluding carboxylic acids is 1. The van der Waals surface area contributed by atoms with Crippen LogP contribution in [0.4, 0.5) is 0 Å². The molecule has 5 heterocycles. The molecule has 5 heteroatoms. The topological polar surface area (TPSA) is 43.7 Å². The van der Waals surface area contributed by atoms with Gasteiger partial charge in [-0.25, -0.2) is 4.79 Å². The molecule has 7 rings (SSSR count). The molecule has 0 amide bonds.